The van der Waals surface area contributed by atoms with Gasteiger partial charge in [0, 0.05) is 34.8 Å². The summed E-state index contributed by atoms with van der Waals surface area (Å²) in [5.74, 6) is -0.334. The first-order valence-electron chi connectivity index (χ1n) is 11.9. The van der Waals surface area contributed by atoms with Gasteiger partial charge in [-0.25, -0.2) is 4.39 Å². The standard InChI is InChI=1S/C27H21Cl2FN4O5S/c28-20-11-16(15-31)12-21(14-20)38-25-22(29)6-5-19(24(25)30)13-23-32-33-26(39-23)17-1-3-18(4-2-17)27(35)34-7-9-40(36,37)10-8-34/h1-6,11-12,14,36-37H,7-10,13H2. The second-order valence-corrected chi connectivity index (χ2v) is 12.3. The molecule has 1 aromatic heterocycles. The molecule has 0 atom stereocenters. The number of hydrogen-bond acceptors (Lipinski definition) is 8. The highest BCUT2D eigenvalue weighted by molar-refractivity contribution is 8.24. The van der Waals surface area contributed by atoms with Crippen molar-refractivity contribution in [3.63, 3.8) is 0 Å². The highest BCUT2D eigenvalue weighted by Gasteiger charge is 2.26. The molecule has 5 rings (SSSR count). The van der Waals surface area contributed by atoms with Gasteiger partial charge < -0.3 is 14.1 Å². The fourth-order valence-electron chi connectivity index (χ4n) is 4.08. The highest BCUT2D eigenvalue weighted by Crippen LogP contribution is 2.40. The number of nitriles is 1. The maximum atomic E-state index is 15.4. The molecule has 40 heavy (non-hydrogen) atoms. The number of halogens is 3. The molecule has 4 aromatic rings. The molecule has 0 radical (unpaired) electrons. The molecule has 2 heterocycles. The average Bonchev–Trinajstić information content (AvgIpc) is 3.40. The van der Waals surface area contributed by atoms with Crippen molar-refractivity contribution in [2.45, 2.75) is 6.42 Å². The van der Waals surface area contributed by atoms with Crippen LogP contribution in [0.15, 0.2) is 59.0 Å². The van der Waals surface area contributed by atoms with E-state index in [0.29, 0.717) is 11.1 Å². The number of carbonyl (C=O) groups excluding carboxylic acids is 1. The van der Waals surface area contributed by atoms with Crippen LogP contribution < -0.4 is 4.74 Å². The molecule has 9 nitrogen and oxygen atoms in total. The molecule has 0 spiro atoms. The van der Waals surface area contributed by atoms with Gasteiger partial charge in [-0.3, -0.25) is 13.9 Å². The molecule has 0 bridgehead atoms. The van der Waals surface area contributed by atoms with Crippen LogP contribution in [0.25, 0.3) is 11.5 Å². The van der Waals surface area contributed by atoms with Crippen LogP contribution in [0.1, 0.15) is 27.4 Å². The lowest BCUT2D eigenvalue weighted by Gasteiger charge is -2.40. The van der Waals surface area contributed by atoms with Gasteiger partial charge >= 0.3 is 0 Å². The van der Waals surface area contributed by atoms with Crippen LogP contribution in [0.4, 0.5) is 4.39 Å². The molecule has 0 aliphatic carbocycles. The third kappa shape index (κ3) is 6.22. The van der Waals surface area contributed by atoms with Gasteiger partial charge in [-0.2, -0.15) is 15.9 Å². The Kier molecular flexibility index (Phi) is 7.98. The minimum absolute atomic E-state index is 0.0263. The predicted octanol–water partition coefficient (Wildman–Crippen LogP) is 6.64. The van der Waals surface area contributed by atoms with Gasteiger partial charge in [-0.05, 0) is 48.5 Å². The van der Waals surface area contributed by atoms with Crippen LogP contribution in [-0.4, -0.2) is 54.7 Å². The van der Waals surface area contributed by atoms with Gasteiger partial charge in [0.2, 0.25) is 11.8 Å². The van der Waals surface area contributed by atoms with Crippen LogP contribution in [0.5, 0.6) is 11.5 Å². The summed E-state index contributed by atoms with van der Waals surface area (Å²) < 4.78 is 46.3. The highest BCUT2D eigenvalue weighted by atomic mass is 35.5. The largest absolute Gasteiger partial charge is 0.453 e. The number of hydrogen-bond donors (Lipinski definition) is 2. The lowest BCUT2D eigenvalue weighted by Crippen LogP contribution is -2.42. The van der Waals surface area contributed by atoms with Gasteiger partial charge in [-0.1, -0.05) is 29.3 Å². The lowest BCUT2D eigenvalue weighted by atomic mass is 10.1. The Morgan fingerprint density at radius 1 is 1.10 bits per heavy atom. The number of nitrogens with zero attached hydrogens (tertiary/aromatic N) is 4. The normalized spacial score (nSPS) is 15.3. The van der Waals surface area contributed by atoms with Crippen molar-refractivity contribution in [3.05, 3.63) is 93.0 Å². The molecule has 3 aromatic carbocycles. The summed E-state index contributed by atoms with van der Waals surface area (Å²) >= 11 is 12.2. The monoisotopic (exact) mass is 602 g/mol. The number of carbonyl (C=O) groups is 1. The van der Waals surface area contributed by atoms with E-state index in [0.717, 1.165) is 0 Å². The van der Waals surface area contributed by atoms with Crippen LogP contribution in [-0.2, 0) is 6.42 Å². The average molecular weight is 603 g/mol. The van der Waals surface area contributed by atoms with Crippen molar-refractivity contribution in [1.82, 2.24) is 15.1 Å². The van der Waals surface area contributed by atoms with Crippen LogP contribution >= 0.6 is 33.8 Å². The van der Waals surface area contributed by atoms with Crippen molar-refractivity contribution in [2.24, 2.45) is 0 Å². The van der Waals surface area contributed by atoms with Gasteiger partial charge in [0.1, 0.15) is 5.75 Å². The van der Waals surface area contributed by atoms with Crippen molar-refractivity contribution in [2.75, 3.05) is 24.6 Å². The van der Waals surface area contributed by atoms with E-state index in [9.17, 15) is 13.9 Å². The molecule has 13 heteroatoms. The van der Waals surface area contributed by atoms with E-state index in [-0.39, 0.29) is 81.4 Å². The van der Waals surface area contributed by atoms with Gasteiger partial charge in [0.25, 0.3) is 5.91 Å². The second kappa shape index (κ2) is 11.4. The number of ether oxygens (including phenoxy) is 1. The molecular weight excluding hydrogens is 582 g/mol. The maximum Gasteiger partial charge on any atom is 0.253 e. The Bertz CT molecular complexity index is 1610. The number of benzene rings is 3. The Labute approximate surface area is 240 Å². The van der Waals surface area contributed by atoms with Crippen molar-refractivity contribution in [3.8, 4) is 29.0 Å². The van der Waals surface area contributed by atoms with Crippen molar-refractivity contribution < 1.29 is 27.4 Å². The minimum Gasteiger partial charge on any atom is -0.453 e. The molecule has 2 N–H and O–H groups in total. The van der Waals surface area contributed by atoms with Gasteiger partial charge in [-0.15, -0.1) is 10.2 Å². The first-order chi connectivity index (χ1) is 19.1. The third-order valence-corrected chi connectivity index (χ3v) is 8.39. The van der Waals surface area contributed by atoms with Crippen molar-refractivity contribution in [1.29, 1.82) is 5.26 Å². The first-order valence-corrected chi connectivity index (χ1v) is 14.6. The van der Waals surface area contributed by atoms with Crippen molar-refractivity contribution >= 4 is 39.7 Å². The number of amides is 1. The topological polar surface area (TPSA) is 133 Å². The summed E-state index contributed by atoms with van der Waals surface area (Å²) in [7, 11) is -2.59. The number of rotatable bonds is 6. The summed E-state index contributed by atoms with van der Waals surface area (Å²) in [6.07, 6.45) is -0.0456. The Morgan fingerprint density at radius 2 is 1.82 bits per heavy atom. The SMILES string of the molecule is N#Cc1cc(Cl)cc(Oc2c(Cl)ccc(Cc3nnc(-c4ccc(C(=O)N5CCS(O)(O)CC5)cc4)o3)c2F)c1. The summed E-state index contributed by atoms with van der Waals surface area (Å²) in [6.45, 7) is 0.563. The molecule has 206 valence electrons. The van der Waals surface area contributed by atoms with E-state index >= 15 is 4.39 Å². The summed E-state index contributed by atoms with van der Waals surface area (Å²) in [5.41, 5.74) is 1.45. The Hall–Kier alpha value is -3.66. The summed E-state index contributed by atoms with van der Waals surface area (Å²) in [6, 6.07) is 15.8. The summed E-state index contributed by atoms with van der Waals surface area (Å²) in [5, 5.41) is 17.5. The molecule has 1 aliphatic heterocycles. The fourth-order valence-corrected chi connectivity index (χ4v) is 5.72. The molecule has 0 saturated carbocycles. The van der Waals surface area contributed by atoms with E-state index in [4.69, 9.17) is 37.6 Å². The van der Waals surface area contributed by atoms with Gasteiger partial charge in [0.15, 0.2) is 11.6 Å². The van der Waals surface area contributed by atoms with E-state index in [1.807, 2.05) is 6.07 Å². The van der Waals surface area contributed by atoms with Crippen LogP contribution in [0.2, 0.25) is 10.0 Å². The third-order valence-electron chi connectivity index (χ3n) is 6.20. The first kappa shape index (κ1) is 27.9. The molecule has 1 fully saturated rings. The zero-order valence-corrected chi connectivity index (χ0v) is 23.0. The van der Waals surface area contributed by atoms with E-state index in [1.165, 1.54) is 30.3 Å². The fraction of sp³-hybridized carbons (Fsp3) is 0.185. The maximum absolute atomic E-state index is 15.4. The van der Waals surface area contributed by atoms with E-state index < -0.39 is 16.4 Å². The zero-order chi connectivity index (χ0) is 28.4. The van der Waals surface area contributed by atoms with Gasteiger partial charge in [0.05, 0.1) is 34.6 Å². The van der Waals surface area contributed by atoms with E-state index in [2.05, 4.69) is 10.2 Å². The minimum atomic E-state index is -2.59. The van der Waals surface area contributed by atoms with Crippen LogP contribution in [0, 0.1) is 17.1 Å². The predicted molar refractivity (Wildman–Crippen MR) is 149 cm³/mol. The Morgan fingerprint density at radius 3 is 2.52 bits per heavy atom. The molecule has 1 amide bonds. The summed E-state index contributed by atoms with van der Waals surface area (Å²) in [4.78, 5) is 14.3. The number of aromatic nitrogens is 2. The molecule has 1 saturated heterocycles. The smallest absolute Gasteiger partial charge is 0.253 e. The lowest BCUT2D eigenvalue weighted by molar-refractivity contribution is 0.0768. The second-order valence-electron chi connectivity index (χ2n) is 9.00. The quantitative estimate of drug-likeness (QED) is 0.251. The van der Waals surface area contributed by atoms with Crippen LogP contribution in [0.3, 0.4) is 0 Å². The Balaban J connectivity index is 1.29. The molecular formula is C27H21Cl2FN4O5S. The molecule has 1 aliphatic rings. The zero-order valence-electron chi connectivity index (χ0n) is 20.7. The molecule has 0 unspecified atom stereocenters. The van der Waals surface area contributed by atoms with E-state index in [1.54, 1.807) is 29.2 Å².